The van der Waals surface area contributed by atoms with E-state index in [0.29, 0.717) is 0 Å². The molecular formula is C15H28O2Si. The Morgan fingerprint density at radius 2 is 1.89 bits per heavy atom. The minimum atomic E-state index is -1.58. The number of unbranched alkanes of at least 4 members (excludes halogenated alkanes) is 1. The van der Waals surface area contributed by atoms with Crippen molar-refractivity contribution >= 4 is 14.6 Å². The van der Waals surface area contributed by atoms with Crippen LogP contribution in [0.2, 0.25) is 18.1 Å². The first kappa shape index (κ1) is 17.3. The van der Waals surface area contributed by atoms with Crippen LogP contribution in [0.1, 0.15) is 40.5 Å². The van der Waals surface area contributed by atoms with Crippen molar-refractivity contribution in [2.45, 2.75) is 58.7 Å². The Labute approximate surface area is 113 Å². The Bertz CT molecular complexity index is 309. The summed E-state index contributed by atoms with van der Waals surface area (Å²) in [5.74, 6) is 0. The lowest BCUT2D eigenvalue weighted by Gasteiger charge is -2.36. The van der Waals surface area contributed by atoms with Crippen molar-refractivity contribution in [2.24, 2.45) is 0 Å². The Morgan fingerprint density at radius 1 is 1.28 bits per heavy atom. The van der Waals surface area contributed by atoms with Crippen LogP contribution in [0.25, 0.3) is 0 Å². The first-order valence-corrected chi connectivity index (χ1v) is 9.54. The van der Waals surface area contributed by atoms with Crippen LogP contribution in [0.5, 0.6) is 0 Å². The van der Waals surface area contributed by atoms with Crippen LogP contribution in [-0.2, 0) is 9.22 Å². The highest BCUT2D eigenvalue weighted by molar-refractivity contribution is 6.74. The van der Waals surface area contributed by atoms with E-state index in [1.807, 2.05) is 13.0 Å². The van der Waals surface area contributed by atoms with Gasteiger partial charge in [-0.15, -0.1) is 0 Å². The van der Waals surface area contributed by atoms with Crippen molar-refractivity contribution in [3.8, 4) is 0 Å². The second-order valence-electron chi connectivity index (χ2n) is 6.20. The molecular weight excluding hydrogens is 240 g/mol. The third kappa shape index (κ3) is 6.92. The first-order chi connectivity index (χ1) is 8.20. The molecule has 0 heterocycles. The van der Waals surface area contributed by atoms with Crippen LogP contribution in [0.15, 0.2) is 23.8 Å². The lowest BCUT2D eigenvalue weighted by molar-refractivity contribution is -0.104. The highest BCUT2D eigenvalue weighted by Crippen LogP contribution is 2.36. The van der Waals surface area contributed by atoms with Crippen LogP contribution in [0, 0.1) is 0 Å². The van der Waals surface area contributed by atoms with Crippen molar-refractivity contribution in [1.82, 2.24) is 0 Å². The summed E-state index contributed by atoms with van der Waals surface area (Å²) in [4.78, 5) is 10.2. The lowest BCUT2D eigenvalue weighted by Crippen LogP contribution is -2.40. The minimum Gasteiger partial charge on any atom is -0.417 e. The molecule has 0 spiro atoms. The Balaban J connectivity index is 3.89. The van der Waals surface area contributed by atoms with Gasteiger partial charge in [-0.25, -0.2) is 0 Å². The van der Waals surface area contributed by atoms with Gasteiger partial charge in [0.2, 0.25) is 0 Å². The van der Waals surface area contributed by atoms with E-state index >= 15 is 0 Å². The van der Waals surface area contributed by atoms with Crippen LogP contribution in [0.4, 0.5) is 0 Å². The lowest BCUT2D eigenvalue weighted by atomic mass is 10.2. The smallest absolute Gasteiger partial charge is 0.191 e. The normalized spacial score (nSPS) is 14.2. The molecule has 18 heavy (non-hydrogen) atoms. The van der Waals surface area contributed by atoms with Crippen LogP contribution >= 0.6 is 0 Å². The summed E-state index contributed by atoms with van der Waals surface area (Å²) in [5.41, 5.74) is 0.996. The van der Waals surface area contributed by atoms with Crippen molar-refractivity contribution in [3.05, 3.63) is 23.8 Å². The number of aldehydes is 1. The van der Waals surface area contributed by atoms with Gasteiger partial charge in [0.1, 0.15) is 6.29 Å². The Hall–Kier alpha value is -0.673. The van der Waals surface area contributed by atoms with E-state index in [1.165, 1.54) is 0 Å². The van der Waals surface area contributed by atoms with E-state index < -0.39 is 8.32 Å². The van der Waals surface area contributed by atoms with Gasteiger partial charge in [-0.3, -0.25) is 4.79 Å². The number of carbonyl (C=O) groups is 1. The standard InChI is InChI=1S/C15H28O2Si/c1-14(11-12-16)10-8-7-9-13-17-18(5,6)15(2,3)4/h8,10-12H,7,9,13H2,1-6H3/b10-8+,14-11-. The highest BCUT2D eigenvalue weighted by Gasteiger charge is 2.36. The van der Waals surface area contributed by atoms with E-state index in [2.05, 4.69) is 39.9 Å². The number of rotatable bonds is 7. The van der Waals surface area contributed by atoms with Gasteiger partial charge in [0, 0.05) is 6.61 Å². The number of hydrogen-bond acceptors (Lipinski definition) is 2. The molecule has 0 atom stereocenters. The summed E-state index contributed by atoms with van der Waals surface area (Å²) >= 11 is 0. The van der Waals surface area contributed by atoms with Gasteiger partial charge in [0.25, 0.3) is 0 Å². The molecule has 0 aromatic heterocycles. The maximum Gasteiger partial charge on any atom is 0.191 e. The molecule has 0 saturated carbocycles. The van der Waals surface area contributed by atoms with Gasteiger partial charge < -0.3 is 4.43 Å². The van der Waals surface area contributed by atoms with Crippen molar-refractivity contribution in [3.63, 3.8) is 0 Å². The van der Waals surface area contributed by atoms with Crippen LogP contribution < -0.4 is 0 Å². The summed E-state index contributed by atoms with van der Waals surface area (Å²) in [5, 5.41) is 0.284. The maximum absolute atomic E-state index is 10.2. The van der Waals surface area contributed by atoms with Gasteiger partial charge in [-0.1, -0.05) is 32.9 Å². The zero-order valence-corrected chi connectivity index (χ0v) is 13.7. The second kappa shape index (κ2) is 7.69. The molecule has 104 valence electrons. The molecule has 0 radical (unpaired) electrons. The monoisotopic (exact) mass is 268 g/mol. The summed E-state index contributed by atoms with van der Waals surface area (Å²) in [7, 11) is -1.58. The van der Waals surface area contributed by atoms with E-state index in [0.717, 1.165) is 31.3 Å². The fourth-order valence-corrected chi connectivity index (χ4v) is 2.26. The molecule has 0 bridgehead atoms. The van der Waals surface area contributed by atoms with Crippen molar-refractivity contribution in [2.75, 3.05) is 6.61 Å². The molecule has 0 fully saturated rings. The molecule has 3 heteroatoms. The quantitative estimate of drug-likeness (QED) is 0.223. The molecule has 0 saturated heterocycles. The van der Waals surface area contributed by atoms with E-state index in [-0.39, 0.29) is 5.04 Å². The van der Waals surface area contributed by atoms with Gasteiger partial charge in [0.15, 0.2) is 8.32 Å². The zero-order chi connectivity index (χ0) is 14.2. The van der Waals surface area contributed by atoms with E-state index in [9.17, 15) is 4.79 Å². The third-order valence-corrected chi connectivity index (χ3v) is 8.03. The fraction of sp³-hybridized carbons (Fsp3) is 0.667. The molecule has 0 N–H and O–H groups in total. The first-order valence-electron chi connectivity index (χ1n) is 6.63. The topological polar surface area (TPSA) is 26.3 Å². The molecule has 0 aromatic rings. The molecule has 0 aromatic carbocycles. The van der Waals surface area contributed by atoms with Gasteiger partial charge >= 0.3 is 0 Å². The molecule has 0 amide bonds. The number of hydrogen-bond donors (Lipinski definition) is 0. The third-order valence-electron chi connectivity index (χ3n) is 3.50. The van der Waals surface area contributed by atoms with Crippen LogP contribution in [-0.4, -0.2) is 21.2 Å². The predicted octanol–water partition coefficient (Wildman–Crippen LogP) is 4.49. The highest BCUT2D eigenvalue weighted by atomic mass is 28.4. The molecule has 0 aliphatic heterocycles. The minimum absolute atomic E-state index is 0.284. The summed E-state index contributed by atoms with van der Waals surface area (Å²) in [6, 6.07) is 0. The van der Waals surface area contributed by atoms with E-state index in [1.54, 1.807) is 6.08 Å². The van der Waals surface area contributed by atoms with Gasteiger partial charge in [0.05, 0.1) is 0 Å². The SMILES string of the molecule is CC(=C/C=O)/C=C/CCCO[Si](C)(C)C(C)(C)C. The average molecular weight is 268 g/mol. The molecule has 0 aliphatic rings. The summed E-state index contributed by atoms with van der Waals surface area (Å²) in [6.45, 7) is 14.1. The summed E-state index contributed by atoms with van der Waals surface area (Å²) in [6.07, 6.45) is 8.52. The van der Waals surface area contributed by atoms with Gasteiger partial charge in [-0.05, 0) is 49.5 Å². The Morgan fingerprint density at radius 3 is 2.39 bits per heavy atom. The largest absolute Gasteiger partial charge is 0.417 e. The maximum atomic E-state index is 10.2. The number of carbonyl (C=O) groups excluding carboxylic acids is 1. The second-order valence-corrected chi connectivity index (χ2v) is 11.0. The molecule has 0 aliphatic carbocycles. The predicted molar refractivity (Wildman–Crippen MR) is 81.3 cm³/mol. The fourth-order valence-electron chi connectivity index (χ4n) is 1.18. The van der Waals surface area contributed by atoms with Gasteiger partial charge in [-0.2, -0.15) is 0 Å². The summed E-state index contributed by atoms with van der Waals surface area (Å²) < 4.78 is 6.08. The average Bonchev–Trinajstić information content (AvgIpc) is 2.21. The molecule has 0 rings (SSSR count). The van der Waals surface area contributed by atoms with Crippen molar-refractivity contribution < 1.29 is 9.22 Å². The van der Waals surface area contributed by atoms with Crippen molar-refractivity contribution in [1.29, 1.82) is 0 Å². The molecule has 2 nitrogen and oxygen atoms in total. The van der Waals surface area contributed by atoms with Crippen LogP contribution in [0.3, 0.4) is 0 Å². The number of allylic oxidation sites excluding steroid dienone is 4. The Kier molecular flexibility index (Phi) is 7.41. The zero-order valence-electron chi connectivity index (χ0n) is 12.7. The molecule has 0 unspecified atom stereocenters. The van der Waals surface area contributed by atoms with E-state index in [4.69, 9.17) is 4.43 Å².